The van der Waals surface area contributed by atoms with Gasteiger partial charge in [-0.05, 0) is 42.5 Å². The number of hydrogen-bond acceptors (Lipinski definition) is 2. The molecule has 0 radical (unpaired) electrons. The van der Waals surface area contributed by atoms with Crippen molar-refractivity contribution in [2.24, 2.45) is 0 Å². The Balaban J connectivity index is 2.16. The molecule has 0 saturated carbocycles. The summed E-state index contributed by atoms with van der Waals surface area (Å²) in [4.78, 5) is 10.9. The molecule has 0 saturated heterocycles. The summed E-state index contributed by atoms with van der Waals surface area (Å²) in [6.45, 7) is 0. The first-order chi connectivity index (χ1) is 9.17. The normalized spacial score (nSPS) is 10.8. The average molecular weight is 275 g/mol. The van der Waals surface area contributed by atoms with Crippen LogP contribution in [0.4, 0.5) is 4.39 Å². The van der Waals surface area contributed by atoms with Crippen LogP contribution in [0.3, 0.4) is 0 Å². The maximum atomic E-state index is 13.1. The van der Waals surface area contributed by atoms with Crippen molar-refractivity contribution in [2.75, 3.05) is 0 Å². The van der Waals surface area contributed by atoms with Gasteiger partial charge in [-0.3, -0.25) is 4.79 Å². The smallest absolute Gasteiger partial charge is 0.151 e. The Hall–Kier alpha value is -2.13. The Labute approximate surface area is 113 Å². The molecule has 2 nitrogen and oxygen atoms in total. The average Bonchev–Trinajstić information content (AvgIpc) is 2.82. The van der Waals surface area contributed by atoms with Crippen molar-refractivity contribution in [1.29, 1.82) is 0 Å². The van der Waals surface area contributed by atoms with Crippen molar-refractivity contribution < 1.29 is 13.6 Å². The molecule has 0 fully saturated rings. The van der Waals surface area contributed by atoms with Gasteiger partial charge in [0.1, 0.15) is 17.2 Å². The van der Waals surface area contributed by atoms with Crippen molar-refractivity contribution >= 4 is 28.9 Å². The third kappa shape index (κ3) is 2.13. The number of furan rings is 1. The number of carbonyl (C=O) groups is 1. The lowest BCUT2D eigenvalue weighted by Crippen LogP contribution is -1.83. The van der Waals surface area contributed by atoms with E-state index < -0.39 is 0 Å². The highest BCUT2D eigenvalue weighted by Crippen LogP contribution is 2.30. The molecule has 0 unspecified atom stereocenters. The number of aldehydes is 1. The summed E-state index contributed by atoms with van der Waals surface area (Å²) >= 11 is 5.87. The summed E-state index contributed by atoms with van der Waals surface area (Å²) in [6, 6.07) is 11.1. The van der Waals surface area contributed by atoms with E-state index in [0.717, 1.165) is 5.56 Å². The fraction of sp³-hybridized carbons (Fsp3) is 0. The van der Waals surface area contributed by atoms with Gasteiger partial charge >= 0.3 is 0 Å². The Morgan fingerprint density at radius 1 is 1.11 bits per heavy atom. The molecule has 94 valence electrons. The monoisotopic (exact) mass is 274 g/mol. The van der Waals surface area contributed by atoms with Crippen LogP contribution in [0, 0.1) is 5.82 Å². The molecule has 19 heavy (non-hydrogen) atoms. The largest absolute Gasteiger partial charge is 0.456 e. The molecule has 1 aromatic heterocycles. The van der Waals surface area contributed by atoms with Crippen LogP contribution in [0.25, 0.3) is 22.3 Å². The van der Waals surface area contributed by atoms with Crippen molar-refractivity contribution in [3.05, 3.63) is 58.9 Å². The van der Waals surface area contributed by atoms with Gasteiger partial charge in [-0.2, -0.15) is 0 Å². The lowest BCUT2D eigenvalue weighted by Gasteiger charge is -1.99. The molecular formula is C15H8ClFO2. The van der Waals surface area contributed by atoms with E-state index in [1.165, 1.54) is 12.1 Å². The van der Waals surface area contributed by atoms with Crippen LogP contribution in [-0.2, 0) is 0 Å². The topological polar surface area (TPSA) is 30.2 Å². The summed E-state index contributed by atoms with van der Waals surface area (Å²) in [5.74, 6) is 0.255. The summed E-state index contributed by atoms with van der Waals surface area (Å²) < 4.78 is 18.7. The van der Waals surface area contributed by atoms with E-state index in [1.54, 1.807) is 30.3 Å². The number of halogens is 2. The van der Waals surface area contributed by atoms with E-state index in [1.807, 2.05) is 0 Å². The number of rotatable bonds is 2. The van der Waals surface area contributed by atoms with Crippen LogP contribution in [0.1, 0.15) is 10.4 Å². The van der Waals surface area contributed by atoms with Gasteiger partial charge in [0.2, 0.25) is 0 Å². The van der Waals surface area contributed by atoms with E-state index in [4.69, 9.17) is 16.0 Å². The molecule has 0 bridgehead atoms. The van der Waals surface area contributed by atoms with Crippen LogP contribution >= 0.6 is 11.6 Å². The zero-order valence-electron chi connectivity index (χ0n) is 9.69. The van der Waals surface area contributed by atoms with Gasteiger partial charge in [0, 0.05) is 16.5 Å². The number of fused-ring (bicyclic) bond motifs is 1. The molecule has 3 aromatic rings. The maximum Gasteiger partial charge on any atom is 0.151 e. The quantitative estimate of drug-likeness (QED) is 0.634. The van der Waals surface area contributed by atoms with Gasteiger partial charge < -0.3 is 4.42 Å². The zero-order chi connectivity index (χ0) is 13.4. The van der Waals surface area contributed by atoms with E-state index in [0.29, 0.717) is 33.6 Å². The Kier molecular flexibility index (Phi) is 2.84. The fourth-order valence-corrected chi connectivity index (χ4v) is 2.11. The highest BCUT2D eigenvalue weighted by atomic mass is 35.5. The molecule has 0 amide bonds. The molecule has 0 aliphatic heterocycles. The molecule has 0 N–H and O–H groups in total. The van der Waals surface area contributed by atoms with E-state index in [9.17, 15) is 9.18 Å². The first-order valence-electron chi connectivity index (χ1n) is 5.61. The molecular weight excluding hydrogens is 267 g/mol. The summed E-state index contributed by atoms with van der Waals surface area (Å²) in [5, 5.41) is 1.07. The SMILES string of the molecule is O=Cc1cc(-c2cc3cc(F)ccc3o2)ccc1Cl. The fourth-order valence-electron chi connectivity index (χ4n) is 1.94. The molecule has 0 spiro atoms. The van der Waals surface area contributed by atoms with Gasteiger partial charge in [-0.15, -0.1) is 0 Å². The number of benzene rings is 2. The lowest BCUT2D eigenvalue weighted by molar-refractivity contribution is 0.112. The number of hydrogen-bond donors (Lipinski definition) is 0. The van der Waals surface area contributed by atoms with E-state index >= 15 is 0 Å². The third-order valence-electron chi connectivity index (χ3n) is 2.89. The first-order valence-corrected chi connectivity index (χ1v) is 5.99. The van der Waals surface area contributed by atoms with Crippen molar-refractivity contribution in [3.63, 3.8) is 0 Å². The van der Waals surface area contributed by atoms with E-state index in [-0.39, 0.29) is 5.82 Å². The predicted octanol–water partition coefficient (Wildman–Crippen LogP) is 4.70. The predicted molar refractivity (Wildman–Crippen MR) is 72.0 cm³/mol. The van der Waals surface area contributed by atoms with Crippen LogP contribution in [-0.4, -0.2) is 6.29 Å². The van der Waals surface area contributed by atoms with Crippen LogP contribution in [0.2, 0.25) is 5.02 Å². The molecule has 1 heterocycles. The molecule has 0 atom stereocenters. The summed E-state index contributed by atoms with van der Waals surface area (Å²) in [5.41, 5.74) is 1.72. The molecule has 4 heteroatoms. The Morgan fingerprint density at radius 3 is 2.74 bits per heavy atom. The maximum absolute atomic E-state index is 13.1. The van der Waals surface area contributed by atoms with Crippen LogP contribution < -0.4 is 0 Å². The minimum Gasteiger partial charge on any atom is -0.456 e. The Bertz CT molecular complexity index is 777. The van der Waals surface area contributed by atoms with Gasteiger partial charge in [0.15, 0.2) is 6.29 Å². The minimum absolute atomic E-state index is 0.315. The molecule has 0 aliphatic rings. The van der Waals surface area contributed by atoms with Crippen molar-refractivity contribution in [2.45, 2.75) is 0 Å². The highest BCUT2D eigenvalue weighted by molar-refractivity contribution is 6.33. The van der Waals surface area contributed by atoms with Gasteiger partial charge in [-0.1, -0.05) is 11.6 Å². The molecule has 3 rings (SSSR count). The minimum atomic E-state index is -0.315. The van der Waals surface area contributed by atoms with Crippen molar-refractivity contribution in [3.8, 4) is 11.3 Å². The van der Waals surface area contributed by atoms with Gasteiger partial charge in [0.25, 0.3) is 0 Å². The van der Waals surface area contributed by atoms with Crippen LogP contribution in [0.5, 0.6) is 0 Å². The summed E-state index contributed by atoms with van der Waals surface area (Å²) in [6.07, 6.45) is 0.689. The standard InChI is InChI=1S/C15H8ClFO2/c16-13-3-1-9(5-11(13)8-18)15-7-10-6-12(17)2-4-14(10)19-15/h1-8H. The van der Waals surface area contributed by atoms with Crippen LogP contribution in [0.15, 0.2) is 46.9 Å². The molecule has 2 aromatic carbocycles. The third-order valence-corrected chi connectivity index (χ3v) is 3.23. The first kappa shape index (κ1) is 11.9. The lowest BCUT2D eigenvalue weighted by atomic mass is 10.1. The second-order valence-electron chi connectivity index (χ2n) is 4.15. The second-order valence-corrected chi connectivity index (χ2v) is 4.55. The van der Waals surface area contributed by atoms with Gasteiger partial charge in [-0.25, -0.2) is 4.39 Å². The second kappa shape index (κ2) is 4.52. The van der Waals surface area contributed by atoms with Gasteiger partial charge in [0.05, 0.1) is 5.02 Å². The highest BCUT2D eigenvalue weighted by Gasteiger charge is 2.09. The zero-order valence-corrected chi connectivity index (χ0v) is 10.4. The summed E-state index contributed by atoms with van der Waals surface area (Å²) in [7, 11) is 0. The van der Waals surface area contributed by atoms with Crippen molar-refractivity contribution in [1.82, 2.24) is 0 Å². The number of carbonyl (C=O) groups excluding carboxylic acids is 1. The van der Waals surface area contributed by atoms with E-state index in [2.05, 4.69) is 0 Å². The Morgan fingerprint density at radius 2 is 1.95 bits per heavy atom. The molecule has 0 aliphatic carbocycles.